The molecule has 0 radical (unpaired) electrons. The van der Waals surface area contributed by atoms with Crippen molar-refractivity contribution < 1.29 is 0 Å². The van der Waals surface area contributed by atoms with Crippen molar-refractivity contribution in [3.8, 4) is 0 Å². The molecule has 1 N–H and O–H groups in total. The van der Waals surface area contributed by atoms with E-state index >= 15 is 0 Å². The zero-order chi connectivity index (χ0) is 13.8. The maximum atomic E-state index is 4.29. The molecule has 1 atom stereocenters. The zero-order valence-electron chi connectivity index (χ0n) is 11.9. The van der Waals surface area contributed by atoms with Crippen LogP contribution in [0.25, 0.3) is 0 Å². The fourth-order valence-corrected chi connectivity index (χ4v) is 1.94. The average molecular weight is 263 g/mol. The van der Waals surface area contributed by atoms with Crippen LogP contribution in [-0.2, 0) is 20.1 Å². The summed E-state index contributed by atoms with van der Waals surface area (Å²) in [5.74, 6) is 2.41. The Balaban J connectivity index is 1.95. The van der Waals surface area contributed by atoms with E-state index in [1.807, 2.05) is 16.3 Å². The minimum Gasteiger partial charge on any atom is -0.319 e. The summed E-state index contributed by atoms with van der Waals surface area (Å²) in [6.07, 6.45) is 3.31. The fourth-order valence-electron chi connectivity index (χ4n) is 1.94. The summed E-state index contributed by atoms with van der Waals surface area (Å²) in [5.41, 5.74) is 0. The molecule has 0 aromatic carbocycles. The highest BCUT2D eigenvalue weighted by molar-refractivity contribution is 4.94. The van der Waals surface area contributed by atoms with Gasteiger partial charge in [0.25, 0.3) is 0 Å². The molecule has 0 saturated carbocycles. The number of hydrogen-bond acceptors (Lipinski definition) is 5. The predicted molar refractivity (Wildman–Crippen MR) is 71.1 cm³/mol. The second kappa shape index (κ2) is 5.92. The third-order valence-electron chi connectivity index (χ3n) is 2.93. The monoisotopic (exact) mass is 263 g/mol. The quantitative estimate of drug-likeness (QED) is 0.838. The van der Waals surface area contributed by atoms with Gasteiger partial charge in [-0.05, 0) is 12.8 Å². The van der Waals surface area contributed by atoms with Crippen LogP contribution < -0.4 is 5.32 Å². The van der Waals surface area contributed by atoms with Gasteiger partial charge in [-0.15, -0.1) is 10.2 Å². The maximum Gasteiger partial charge on any atom is 0.149 e. The van der Waals surface area contributed by atoms with E-state index in [1.54, 1.807) is 12.7 Å². The van der Waals surface area contributed by atoms with Gasteiger partial charge in [-0.25, -0.2) is 9.67 Å². The fraction of sp³-hybridized carbons (Fsp3) is 0.667. The highest BCUT2D eigenvalue weighted by Gasteiger charge is 2.12. The summed E-state index contributed by atoms with van der Waals surface area (Å²) < 4.78 is 3.86. The first-order valence-electron chi connectivity index (χ1n) is 6.52. The molecule has 104 valence electrons. The summed E-state index contributed by atoms with van der Waals surface area (Å²) in [6, 6.07) is 0.122. The molecule has 1 unspecified atom stereocenters. The Morgan fingerprint density at radius 3 is 2.74 bits per heavy atom. The molecule has 0 aliphatic rings. The maximum absolute atomic E-state index is 4.29. The van der Waals surface area contributed by atoms with Crippen LogP contribution in [0.2, 0.25) is 0 Å². The van der Waals surface area contributed by atoms with E-state index < -0.39 is 0 Å². The molecular weight excluding hydrogens is 242 g/mol. The van der Waals surface area contributed by atoms with Gasteiger partial charge in [-0.1, -0.05) is 13.8 Å². The van der Waals surface area contributed by atoms with Crippen LogP contribution in [-0.4, -0.2) is 29.5 Å². The van der Waals surface area contributed by atoms with Crippen LogP contribution in [0.15, 0.2) is 12.7 Å². The topological polar surface area (TPSA) is 73.5 Å². The van der Waals surface area contributed by atoms with Crippen LogP contribution in [0.1, 0.15) is 38.5 Å². The number of hydrogen-bond donors (Lipinski definition) is 1. The normalized spacial score (nSPS) is 13.1. The predicted octanol–water partition coefficient (Wildman–Crippen LogP) is 0.913. The van der Waals surface area contributed by atoms with Crippen LogP contribution in [0, 0.1) is 5.92 Å². The molecule has 19 heavy (non-hydrogen) atoms. The Bertz CT molecular complexity index is 514. The van der Waals surface area contributed by atoms with Gasteiger partial charge in [0.15, 0.2) is 0 Å². The smallest absolute Gasteiger partial charge is 0.149 e. The highest BCUT2D eigenvalue weighted by Crippen LogP contribution is 2.08. The molecule has 7 heteroatoms. The van der Waals surface area contributed by atoms with Crippen LogP contribution in [0.3, 0.4) is 0 Å². The van der Waals surface area contributed by atoms with Gasteiger partial charge in [0.05, 0.1) is 12.6 Å². The Morgan fingerprint density at radius 1 is 1.32 bits per heavy atom. The average Bonchev–Trinajstić information content (AvgIpc) is 2.94. The van der Waals surface area contributed by atoms with Crippen molar-refractivity contribution in [2.45, 2.75) is 39.9 Å². The molecular formula is C12H21N7. The number of aromatic nitrogens is 6. The number of nitrogens with zero attached hydrogens (tertiary/aromatic N) is 6. The summed E-state index contributed by atoms with van der Waals surface area (Å²) in [4.78, 5) is 4.29. The Morgan fingerprint density at radius 2 is 2.11 bits per heavy atom. The number of rotatable bonds is 6. The Hall–Kier alpha value is -1.76. The molecule has 2 rings (SSSR count). The standard InChI is InChI=1S/C12H21N7/c1-9(2)6-19-11(14-7-16-19)5-13-10(3)12-17-15-8-18(12)4/h7-10,13H,5-6H2,1-4H3. The van der Waals surface area contributed by atoms with Crippen LogP contribution in [0.4, 0.5) is 0 Å². The van der Waals surface area contributed by atoms with Gasteiger partial charge in [-0.3, -0.25) is 0 Å². The largest absolute Gasteiger partial charge is 0.319 e. The molecule has 0 spiro atoms. The SMILES string of the molecule is CC(C)Cn1ncnc1CNC(C)c1nncn1C. The van der Waals surface area contributed by atoms with E-state index in [0.717, 1.165) is 18.2 Å². The van der Waals surface area contributed by atoms with Crippen molar-refractivity contribution in [3.05, 3.63) is 24.3 Å². The summed E-state index contributed by atoms with van der Waals surface area (Å²) in [7, 11) is 1.94. The third kappa shape index (κ3) is 3.37. The number of nitrogens with one attached hydrogen (secondary N) is 1. The van der Waals surface area contributed by atoms with E-state index in [1.165, 1.54) is 0 Å². The first-order valence-corrected chi connectivity index (χ1v) is 6.52. The van der Waals surface area contributed by atoms with Crippen molar-refractivity contribution in [1.82, 2.24) is 34.8 Å². The summed E-state index contributed by atoms with van der Waals surface area (Å²) in [6.45, 7) is 7.95. The summed E-state index contributed by atoms with van der Waals surface area (Å²) in [5, 5.41) is 15.6. The van der Waals surface area contributed by atoms with E-state index in [0.29, 0.717) is 12.5 Å². The van der Waals surface area contributed by atoms with Gasteiger partial charge in [-0.2, -0.15) is 5.10 Å². The molecule has 7 nitrogen and oxygen atoms in total. The van der Waals surface area contributed by atoms with Gasteiger partial charge >= 0.3 is 0 Å². The van der Waals surface area contributed by atoms with Gasteiger partial charge in [0, 0.05) is 13.6 Å². The molecule has 2 heterocycles. The lowest BCUT2D eigenvalue weighted by Crippen LogP contribution is -2.23. The van der Waals surface area contributed by atoms with Crippen molar-refractivity contribution in [2.24, 2.45) is 13.0 Å². The molecule has 0 aliphatic carbocycles. The Labute approximate surface area is 113 Å². The lowest BCUT2D eigenvalue weighted by molar-refractivity contribution is 0.443. The zero-order valence-corrected chi connectivity index (χ0v) is 11.9. The van der Waals surface area contributed by atoms with Crippen molar-refractivity contribution in [1.29, 1.82) is 0 Å². The minimum atomic E-state index is 0.122. The first-order chi connectivity index (χ1) is 9.08. The molecule has 0 amide bonds. The third-order valence-corrected chi connectivity index (χ3v) is 2.93. The van der Waals surface area contributed by atoms with Crippen molar-refractivity contribution in [3.63, 3.8) is 0 Å². The Kier molecular flexibility index (Phi) is 4.26. The van der Waals surface area contributed by atoms with E-state index in [9.17, 15) is 0 Å². The van der Waals surface area contributed by atoms with E-state index in [4.69, 9.17) is 0 Å². The number of aryl methyl sites for hydroxylation is 1. The lowest BCUT2D eigenvalue weighted by Gasteiger charge is -2.13. The van der Waals surface area contributed by atoms with Crippen molar-refractivity contribution >= 4 is 0 Å². The van der Waals surface area contributed by atoms with Crippen LogP contribution >= 0.6 is 0 Å². The minimum absolute atomic E-state index is 0.122. The second-order valence-corrected chi connectivity index (χ2v) is 5.15. The first kappa shape index (κ1) is 13.7. The molecule has 0 aliphatic heterocycles. The van der Waals surface area contributed by atoms with E-state index in [-0.39, 0.29) is 6.04 Å². The van der Waals surface area contributed by atoms with Crippen molar-refractivity contribution in [2.75, 3.05) is 0 Å². The molecule has 2 aromatic heterocycles. The van der Waals surface area contributed by atoms with Gasteiger partial charge < -0.3 is 9.88 Å². The molecule has 0 fully saturated rings. The molecule has 2 aromatic rings. The molecule has 0 bridgehead atoms. The van der Waals surface area contributed by atoms with E-state index in [2.05, 4.69) is 46.4 Å². The molecule has 0 saturated heterocycles. The van der Waals surface area contributed by atoms with Crippen LogP contribution in [0.5, 0.6) is 0 Å². The van der Waals surface area contributed by atoms with Gasteiger partial charge in [0.2, 0.25) is 0 Å². The summed E-state index contributed by atoms with van der Waals surface area (Å²) >= 11 is 0. The highest BCUT2D eigenvalue weighted by atomic mass is 15.3. The lowest BCUT2D eigenvalue weighted by atomic mass is 10.2. The van der Waals surface area contributed by atoms with Gasteiger partial charge in [0.1, 0.15) is 24.3 Å². The second-order valence-electron chi connectivity index (χ2n) is 5.15.